The zero-order valence-electron chi connectivity index (χ0n) is 11.3. The summed E-state index contributed by atoms with van der Waals surface area (Å²) in [5.41, 5.74) is 7.63. The van der Waals surface area contributed by atoms with Gasteiger partial charge in [0.15, 0.2) is 0 Å². The number of hydrogen-bond acceptors (Lipinski definition) is 3. The number of aryl methyl sites for hydroxylation is 2. The van der Waals surface area contributed by atoms with Gasteiger partial charge >= 0.3 is 0 Å². The van der Waals surface area contributed by atoms with Gasteiger partial charge in [-0.1, -0.05) is 19.1 Å². The Bertz CT molecular complexity index is 720. The number of nitrogens with zero attached hydrogens (tertiary/aromatic N) is 3. The number of nitrogens with two attached hydrogens (primary N) is 1. The number of pyridine rings is 1. The molecule has 2 aromatic heterocycles. The maximum absolute atomic E-state index is 12.3. The highest BCUT2D eigenvalue weighted by molar-refractivity contribution is 9.10. The van der Waals surface area contributed by atoms with E-state index in [0.29, 0.717) is 12.1 Å². The Morgan fingerprint density at radius 3 is 2.80 bits per heavy atom. The predicted octanol–water partition coefficient (Wildman–Crippen LogP) is 1.59. The average Bonchev–Trinajstić information content (AvgIpc) is 2.68. The maximum atomic E-state index is 12.3. The number of aromatic nitrogens is 3. The minimum absolute atomic E-state index is 0.114. The van der Waals surface area contributed by atoms with E-state index in [9.17, 15) is 4.79 Å². The molecule has 7 heteroatoms. The third-order valence-corrected chi connectivity index (χ3v) is 4.24. The van der Waals surface area contributed by atoms with Crippen LogP contribution in [0.2, 0.25) is 0 Å². The first kappa shape index (κ1) is 14.9. The molecule has 2 aromatic rings. The summed E-state index contributed by atoms with van der Waals surface area (Å²) < 4.78 is 4.30. The molecule has 0 aliphatic carbocycles. The normalized spacial score (nSPS) is 10.8. The van der Waals surface area contributed by atoms with Gasteiger partial charge in [-0.3, -0.25) is 9.48 Å². The van der Waals surface area contributed by atoms with Gasteiger partial charge in [0.05, 0.1) is 28.0 Å². The topological polar surface area (TPSA) is 65.8 Å². The van der Waals surface area contributed by atoms with Crippen LogP contribution in [0.5, 0.6) is 0 Å². The van der Waals surface area contributed by atoms with Crippen LogP contribution in [-0.4, -0.2) is 19.3 Å². The van der Waals surface area contributed by atoms with Crippen molar-refractivity contribution in [2.24, 2.45) is 12.8 Å². The molecule has 0 fully saturated rings. The lowest BCUT2D eigenvalue weighted by atomic mass is 10.2. The lowest BCUT2D eigenvalue weighted by molar-refractivity contribution is 0.647. The van der Waals surface area contributed by atoms with Crippen LogP contribution >= 0.6 is 28.1 Å². The molecule has 0 unspecified atom stereocenters. The molecule has 0 saturated heterocycles. The SMILES string of the molecule is CCc1nn(C)c(Cn2cccc(C(N)=S)c2=O)c1Br. The molecule has 0 amide bonds. The Kier molecular flexibility index (Phi) is 4.39. The highest BCUT2D eigenvalue weighted by atomic mass is 79.9. The molecule has 0 aliphatic heterocycles. The fourth-order valence-electron chi connectivity index (χ4n) is 2.00. The van der Waals surface area contributed by atoms with E-state index in [1.807, 2.05) is 14.0 Å². The third-order valence-electron chi connectivity index (χ3n) is 3.11. The van der Waals surface area contributed by atoms with Crippen LogP contribution in [-0.2, 0) is 20.0 Å². The van der Waals surface area contributed by atoms with Crippen molar-refractivity contribution in [3.63, 3.8) is 0 Å². The molecule has 0 radical (unpaired) electrons. The van der Waals surface area contributed by atoms with Gasteiger partial charge in [0.2, 0.25) is 0 Å². The molecule has 2 rings (SSSR count). The van der Waals surface area contributed by atoms with Crippen LogP contribution in [0, 0.1) is 0 Å². The first-order valence-corrected chi connectivity index (χ1v) is 7.35. The summed E-state index contributed by atoms with van der Waals surface area (Å²) in [5.74, 6) is 0. The van der Waals surface area contributed by atoms with Gasteiger partial charge in [0.1, 0.15) is 4.99 Å². The Morgan fingerprint density at radius 2 is 2.25 bits per heavy atom. The molecular weight excluding hydrogens is 340 g/mol. The lowest BCUT2D eigenvalue weighted by Gasteiger charge is -2.08. The van der Waals surface area contributed by atoms with E-state index in [1.165, 1.54) is 0 Å². The van der Waals surface area contributed by atoms with E-state index in [4.69, 9.17) is 18.0 Å². The van der Waals surface area contributed by atoms with Crippen molar-refractivity contribution in [2.75, 3.05) is 0 Å². The maximum Gasteiger partial charge on any atom is 0.261 e. The van der Waals surface area contributed by atoms with E-state index in [2.05, 4.69) is 21.0 Å². The minimum atomic E-state index is -0.189. The van der Waals surface area contributed by atoms with Gasteiger partial charge in [-0.25, -0.2) is 0 Å². The Balaban J connectivity index is 2.46. The predicted molar refractivity (Wildman–Crippen MR) is 86.0 cm³/mol. The van der Waals surface area contributed by atoms with Gasteiger partial charge in [0, 0.05) is 13.2 Å². The van der Waals surface area contributed by atoms with Crippen LogP contribution in [0.25, 0.3) is 0 Å². The summed E-state index contributed by atoms with van der Waals surface area (Å²) in [7, 11) is 1.86. The Morgan fingerprint density at radius 1 is 1.55 bits per heavy atom. The monoisotopic (exact) mass is 354 g/mol. The van der Waals surface area contributed by atoms with Crippen LogP contribution in [0.1, 0.15) is 23.9 Å². The summed E-state index contributed by atoms with van der Waals surface area (Å²) in [6, 6.07) is 3.40. The summed E-state index contributed by atoms with van der Waals surface area (Å²) >= 11 is 8.43. The van der Waals surface area contributed by atoms with E-state index in [1.54, 1.807) is 27.6 Å². The molecule has 0 aliphatic rings. The molecule has 0 spiro atoms. The van der Waals surface area contributed by atoms with Crippen molar-refractivity contribution in [3.05, 3.63) is 50.1 Å². The molecule has 0 saturated carbocycles. The smallest absolute Gasteiger partial charge is 0.261 e. The van der Waals surface area contributed by atoms with Gasteiger partial charge in [-0.2, -0.15) is 5.10 Å². The van der Waals surface area contributed by atoms with Crippen molar-refractivity contribution in [3.8, 4) is 0 Å². The van der Waals surface area contributed by atoms with Crippen LogP contribution in [0.4, 0.5) is 0 Å². The van der Waals surface area contributed by atoms with Crippen LogP contribution in [0.15, 0.2) is 27.6 Å². The quantitative estimate of drug-likeness (QED) is 0.846. The van der Waals surface area contributed by atoms with Crippen molar-refractivity contribution in [1.29, 1.82) is 0 Å². The highest BCUT2D eigenvalue weighted by Gasteiger charge is 2.14. The van der Waals surface area contributed by atoms with Crippen molar-refractivity contribution in [1.82, 2.24) is 14.3 Å². The molecular formula is C13H15BrN4OS. The van der Waals surface area contributed by atoms with E-state index in [-0.39, 0.29) is 10.5 Å². The first-order valence-electron chi connectivity index (χ1n) is 6.15. The Labute approximate surface area is 130 Å². The zero-order chi connectivity index (χ0) is 14.9. The number of halogens is 1. The van der Waals surface area contributed by atoms with Crippen molar-refractivity contribution in [2.45, 2.75) is 19.9 Å². The van der Waals surface area contributed by atoms with Gasteiger partial charge in [-0.05, 0) is 34.5 Å². The average molecular weight is 355 g/mol. The molecule has 2 N–H and O–H groups in total. The van der Waals surface area contributed by atoms with E-state index >= 15 is 0 Å². The number of thiocarbonyl (C=S) groups is 1. The molecule has 0 atom stereocenters. The molecule has 2 heterocycles. The molecule has 0 bridgehead atoms. The summed E-state index contributed by atoms with van der Waals surface area (Å²) in [5, 5.41) is 4.42. The van der Waals surface area contributed by atoms with Gasteiger partial charge < -0.3 is 10.3 Å². The number of rotatable bonds is 4. The lowest BCUT2D eigenvalue weighted by Crippen LogP contribution is -2.29. The standard InChI is InChI=1S/C13H15BrN4OS/c1-3-9-11(14)10(17(2)16-9)7-18-6-4-5-8(12(15)20)13(18)19/h4-6H,3,7H2,1-2H3,(H2,15,20). The molecule has 106 valence electrons. The Hall–Kier alpha value is -1.47. The fourth-order valence-corrected chi connectivity index (χ4v) is 2.90. The van der Waals surface area contributed by atoms with Crippen LogP contribution in [0.3, 0.4) is 0 Å². The van der Waals surface area contributed by atoms with Crippen LogP contribution < -0.4 is 11.3 Å². The third kappa shape index (κ3) is 2.69. The first-order chi connectivity index (χ1) is 9.45. The largest absolute Gasteiger partial charge is 0.389 e. The number of hydrogen-bond donors (Lipinski definition) is 1. The fraction of sp³-hybridized carbons (Fsp3) is 0.308. The summed E-state index contributed by atoms with van der Waals surface area (Å²) in [6.07, 6.45) is 2.55. The zero-order valence-corrected chi connectivity index (χ0v) is 13.7. The van der Waals surface area contributed by atoms with Crippen molar-refractivity contribution < 1.29 is 0 Å². The molecule has 0 aromatic carbocycles. The molecule has 20 heavy (non-hydrogen) atoms. The van der Waals surface area contributed by atoms with E-state index < -0.39 is 0 Å². The van der Waals surface area contributed by atoms with Gasteiger partial charge in [0.25, 0.3) is 5.56 Å². The van der Waals surface area contributed by atoms with Gasteiger partial charge in [-0.15, -0.1) is 0 Å². The summed E-state index contributed by atoms with van der Waals surface area (Å²) in [4.78, 5) is 12.4. The second-order valence-corrected chi connectivity index (χ2v) is 5.64. The second-order valence-electron chi connectivity index (χ2n) is 4.40. The van der Waals surface area contributed by atoms with E-state index in [0.717, 1.165) is 22.3 Å². The minimum Gasteiger partial charge on any atom is -0.389 e. The summed E-state index contributed by atoms with van der Waals surface area (Å²) in [6.45, 7) is 2.45. The molecule has 5 nitrogen and oxygen atoms in total. The second kappa shape index (κ2) is 5.88. The van der Waals surface area contributed by atoms with Crippen molar-refractivity contribution >= 4 is 33.1 Å². The highest BCUT2D eigenvalue weighted by Crippen LogP contribution is 2.22.